The van der Waals surface area contributed by atoms with Crippen LogP contribution in [0.3, 0.4) is 0 Å². The molecule has 0 saturated carbocycles. The van der Waals surface area contributed by atoms with Crippen LogP contribution in [0.5, 0.6) is 5.75 Å². The fraction of sp³-hybridized carbons (Fsp3) is 0.412. The number of aryl methyl sites for hydroxylation is 1. The summed E-state index contributed by atoms with van der Waals surface area (Å²) in [7, 11) is 1.69. The molecule has 7 heteroatoms. The second kappa shape index (κ2) is 6.41. The van der Waals surface area contributed by atoms with Gasteiger partial charge in [0, 0.05) is 38.8 Å². The number of anilines is 1. The Morgan fingerprint density at radius 2 is 2.08 bits per heavy atom. The van der Waals surface area contributed by atoms with Gasteiger partial charge in [-0.3, -0.25) is 4.90 Å². The molecule has 0 aliphatic carbocycles. The van der Waals surface area contributed by atoms with Crippen molar-refractivity contribution in [2.75, 3.05) is 38.2 Å². The number of hydrogen-bond donors (Lipinski definition) is 0. The van der Waals surface area contributed by atoms with Gasteiger partial charge in [-0.25, -0.2) is 4.98 Å². The summed E-state index contributed by atoms with van der Waals surface area (Å²) in [6.07, 6.45) is 0. The van der Waals surface area contributed by atoms with Crippen molar-refractivity contribution in [2.24, 2.45) is 0 Å². The summed E-state index contributed by atoms with van der Waals surface area (Å²) < 4.78 is 11.7. The van der Waals surface area contributed by atoms with E-state index in [1.165, 1.54) is 4.70 Å². The second-order valence-electron chi connectivity index (χ2n) is 6.00. The molecule has 4 rings (SSSR count). The molecule has 0 radical (unpaired) electrons. The Balaban J connectivity index is 1.44. The van der Waals surface area contributed by atoms with E-state index in [0.29, 0.717) is 0 Å². The van der Waals surface area contributed by atoms with E-state index in [-0.39, 0.29) is 0 Å². The van der Waals surface area contributed by atoms with Gasteiger partial charge in [-0.2, -0.15) is 0 Å². The van der Waals surface area contributed by atoms with Crippen molar-refractivity contribution in [3.8, 4) is 5.75 Å². The van der Waals surface area contributed by atoms with Crippen LogP contribution >= 0.6 is 11.3 Å². The molecule has 3 heterocycles. The van der Waals surface area contributed by atoms with Crippen LogP contribution in [0.4, 0.5) is 5.13 Å². The number of rotatable bonds is 4. The Morgan fingerprint density at radius 1 is 1.25 bits per heavy atom. The maximum Gasteiger partial charge on any atom is 0.186 e. The first-order valence-corrected chi connectivity index (χ1v) is 8.87. The summed E-state index contributed by atoms with van der Waals surface area (Å²) in [5.74, 6) is 1.71. The number of thiazole rings is 1. The zero-order valence-electron chi connectivity index (χ0n) is 13.9. The number of benzene rings is 1. The highest BCUT2D eigenvalue weighted by Crippen LogP contribution is 2.34. The molecule has 0 amide bonds. The maximum atomic E-state index is 5.42. The summed E-state index contributed by atoms with van der Waals surface area (Å²) in [6, 6.07) is 8.08. The number of fused-ring (bicyclic) bond motifs is 1. The van der Waals surface area contributed by atoms with Crippen LogP contribution in [-0.2, 0) is 6.54 Å². The van der Waals surface area contributed by atoms with Crippen molar-refractivity contribution in [3.63, 3.8) is 0 Å². The van der Waals surface area contributed by atoms with E-state index in [2.05, 4.69) is 21.0 Å². The van der Waals surface area contributed by atoms with E-state index in [9.17, 15) is 0 Å². The Bertz CT molecular complexity index is 836. The number of piperazine rings is 1. The molecule has 6 nitrogen and oxygen atoms in total. The van der Waals surface area contributed by atoms with Gasteiger partial charge in [0.2, 0.25) is 0 Å². The number of hydrogen-bond acceptors (Lipinski definition) is 7. The third-order valence-electron chi connectivity index (χ3n) is 4.30. The van der Waals surface area contributed by atoms with E-state index in [1.807, 2.05) is 25.1 Å². The van der Waals surface area contributed by atoms with Gasteiger partial charge >= 0.3 is 0 Å². The topological polar surface area (TPSA) is 54.6 Å². The monoisotopic (exact) mass is 344 g/mol. The van der Waals surface area contributed by atoms with Gasteiger partial charge in [0.1, 0.15) is 17.0 Å². The summed E-state index contributed by atoms with van der Waals surface area (Å²) in [6.45, 7) is 6.71. The zero-order chi connectivity index (χ0) is 16.5. The molecule has 0 atom stereocenters. The van der Waals surface area contributed by atoms with Crippen LogP contribution in [0.15, 0.2) is 28.8 Å². The minimum absolute atomic E-state index is 0.843. The van der Waals surface area contributed by atoms with Crippen molar-refractivity contribution in [1.82, 2.24) is 15.0 Å². The lowest BCUT2D eigenvalue weighted by atomic mass is 10.3. The third-order valence-corrected chi connectivity index (χ3v) is 5.38. The summed E-state index contributed by atoms with van der Waals surface area (Å²) in [5.41, 5.74) is 1.96. The molecule has 2 aromatic heterocycles. The first-order valence-electron chi connectivity index (χ1n) is 8.06. The largest absolute Gasteiger partial charge is 0.494 e. The lowest BCUT2D eigenvalue weighted by Crippen LogP contribution is -2.46. The molecule has 1 aliphatic heterocycles. The minimum atomic E-state index is 0.843. The van der Waals surface area contributed by atoms with Crippen molar-refractivity contribution >= 4 is 26.7 Å². The van der Waals surface area contributed by atoms with Crippen LogP contribution in [0, 0.1) is 6.92 Å². The third kappa shape index (κ3) is 2.97. The van der Waals surface area contributed by atoms with Crippen molar-refractivity contribution in [3.05, 3.63) is 35.7 Å². The van der Waals surface area contributed by atoms with Crippen LogP contribution < -0.4 is 9.64 Å². The highest BCUT2D eigenvalue weighted by Gasteiger charge is 2.21. The SMILES string of the molecule is COc1cccc2sc(N3CCN(Cc4cc(C)on4)CC3)nc12. The van der Waals surface area contributed by atoms with E-state index < -0.39 is 0 Å². The average Bonchev–Trinajstić information content (AvgIpc) is 3.21. The van der Waals surface area contributed by atoms with Crippen LogP contribution in [0.25, 0.3) is 10.2 Å². The zero-order valence-corrected chi connectivity index (χ0v) is 14.7. The van der Waals surface area contributed by atoms with Gasteiger partial charge in [-0.05, 0) is 19.1 Å². The molecule has 1 saturated heterocycles. The minimum Gasteiger partial charge on any atom is -0.494 e. The fourth-order valence-electron chi connectivity index (χ4n) is 3.03. The smallest absolute Gasteiger partial charge is 0.186 e. The van der Waals surface area contributed by atoms with Crippen LogP contribution in [-0.4, -0.2) is 48.3 Å². The highest BCUT2D eigenvalue weighted by atomic mass is 32.1. The molecule has 1 aliphatic rings. The van der Waals surface area contributed by atoms with Gasteiger partial charge in [0.05, 0.1) is 17.5 Å². The average molecular weight is 344 g/mol. The molecule has 1 fully saturated rings. The van der Waals surface area contributed by atoms with Crippen molar-refractivity contribution < 1.29 is 9.26 Å². The molecule has 0 N–H and O–H groups in total. The number of nitrogens with zero attached hydrogens (tertiary/aromatic N) is 4. The number of para-hydroxylation sites is 1. The Hall–Kier alpha value is -2.12. The Kier molecular flexibility index (Phi) is 4.12. The summed E-state index contributed by atoms with van der Waals surface area (Å²) >= 11 is 1.73. The molecule has 24 heavy (non-hydrogen) atoms. The van der Waals surface area contributed by atoms with E-state index in [4.69, 9.17) is 14.2 Å². The van der Waals surface area contributed by atoms with Crippen molar-refractivity contribution in [2.45, 2.75) is 13.5 Å². The first-order chi connectivity index (χ1) is 11.7. The second-order valence-corrected chi connectivity index (χ2v) is 7.00. The van der Waals surface area contributed by atoms with Gasteiger partial charge in [-0.15, -0.1) is 0 Å². The predicted octanol–water partition coefficient (Wildman–Crippen LogP) is 2.92. The van der Waals surface area contributed by atoms with Gasteiger partial charge < -0.3 is 14.2 Å². The Labute approximate surface area is 144 Å². The van der Waals surface area contributed by atoms with Gasteiger partial charge in [0.25, 0.3) is 0 Å². The number of aromatic nitrogens is 2. The summed E-state index contributed by atoms with van der Waals surface area (Å²) in [4.78, 5) is 9.55. The van der Waals surface area contributed by atoms with E-state index in [1.54, 1.807) is 18.4 Å². The standard InChI is InChI=1S/C17H20N4O2S/c1-12-10-13(19-23-12)11-20-6-8-21(9-7-20)17-18-16-14(22-2)4-3-5-15(16)24-17/h3-5,10H,6-9,11H2,1-2H3. The number of ether oxygens (including phenoxy) is 1. The molecular weight excluding hydrogens is 324 g/mol. The van der Waals surface area contributed by atoms with Gasteiger partial charge in [0.15, 0.2) is 5.13 Å². The molecule has 3 aromatic rings. The first kappa shape index (κ1) is 15.4. The molecule has 0 bridgehead atoms. The lowest BCUT2D eigenvalue weighted by molar-refractivity contribution is 0.241. The predicted molar refractivity (Wildman–Crippen MR) is 94.9 cm³/mol. The molecular formula is C17H20N4O2S. The van der Waals surface area contributed by atoms with Crippen molar-refractivity contribution in [1.29, 1.82) is 0 Å². The van der Waals surface area contributed by atoms with Crippen LogP contribution in [0.2, 0.25) is 0 Å². The Morgan fingerprint density at radius 3 is 2.79 bits per heavy atom. The molecule has 0 unspecified atom stereocenters. The normalized spacial score (nSPS) is 16.0. The maximum absolute atomic E-state index is 5.42. The fourth-order valence-corrected chi connectivity index (χ4v) is 4.07. The van der Waals surface area contributed by atoms with E-state index in [0.717, 1.165) is 60.6 Å². The van der Waals surface area contributed by atoms with Crippen LogP contribution in [0.1, 0.15) is 11.5 Å². The number of methoxy groups -OCH3 is 1. The van der Waals surface area contributed by atoms with Gasteiger partial charge in [-0.1, -0.05) is 22.6 Å². The quantitative estimate of drug-likeness (QED) is 0.725. The van der Waals surface area contributed by atoms with E-state index >= 15 is 0 Å². The summed E-state index contributed by atoms with van der Waals surface area (Å²) in [5, 5.41) is 5.16. The highest BCUT2D eigenvalue weighted by molar-refractivity contribution is 7.22. The molecule has 126 valence electrons. The lowest BCUT2D eigenvalue weighted by Gasteiger charge is -2.34. The molecule has 1 aromatic carbocycles. The molecule has 0 spiro atoms.